The highest BCUT2D eigenvalue weighted by Gasteiger charge is 2.17. The van der Waals surface area contributed by atoms with E-state index in [1.807, 2.05) is 6.07 Å². The zero-order valence-electron chi connectivity index (χ0n) is 9.32. The molecule has 4 heteroatoms. The van der Waals surface area contributed by atoms with Gasteiger partial charge in [-0.15, -0.1) is 0 Å². The fraction of sp³-hybridized carbons (Fsp3) is 0.500. The van der Waals surface area contributed by atoms with E-state index in [0.29, 0.717) is 10.7 Å². The number of anilines is 1. The van der Waals surface area contributed by atoms with Crippen LogP contribution in [0.25, 0.3) is 0 Å². The van der Waals surface area contributed by atoms with Crippen LogP contribution >= 0.6 is 11.6 Å². The fourth-order valence-electron chi connectivity index (χ4n) is 1.94. The van der Waals surface area contributed by atoms with E-state index in [1.165, 1.54) is 12.8 Å². The predicted molar refractivity (Wildman–Crippen MR) is 65.2 cm³/mol. The number of carbonyl (C=O) groups is 1. The number of carbonyl (C=O) groups excluding carboxylic acids is 1. The van der Waals surface area contributed by atoms with Crippen LogP contribution in [-0.4, -0.2) is 24.4 Å². The molecule has 0 spiro atoms. The lowest BCUT2D eigenvalue weighted by Crippen LogP contribution is -2.33. The Morgan fingerprint density at radius 1 is 1.44 bits per heavy atom. The second-order valence-electron chi connectivity index (χ2n) is 4.34. The third-order valence-corrected chi connectivity index (χ3v) is 3.40. The predicted octanol–water partition coefficient (Wildman–Crippen LogP) is 2.78. The van der Waals surface area contributed by atoms with Gasteiger partial charge in [0.1, 0.15) is 11.0 Å². The Bertz CT molecular complexity index is 387. The van der Waals surface area contributed by atoms with Crippen molar-refractivity contribution in [1.29, 1.82) is 0 Å². The lowest BCUT2D eigenvalue weighted by molar-refractivity contribution is 0.112. The maximum Gasteiger partial charge on any atom is 0.153 e. The van der Waals surface area contributed by atoms with Crippen molar-refractivity contribution in [3.8, 4) is 0 Å². The third-order valence-electron chi connectivity index (χ3n) is 3.10. The van der Waals surface area contributed by atoms with Crippen molar-refractivity contribution in [3.63, 3.8) is 0 Å². The van der Waals surface area contributed by atoms with Crippen LogP contribution in [0.5, 0.6) is 0 Å². The molecule has 0 N–H and O–H groups in total. The highest BCUT2D eigenvalue weighted by atomic mass is 35.5. The molecule has 0 amide bonds. The molecule has 0 aliphatic carbocycles. The minimum absolute atomic E-state index is 0.297. The van der Waals surface area contributed by atoms with Gasteiger partial charge in [-0.05, 0) is 30.9 Å². The maximum absolute atomic E-state index is 10.6. The van der Waals surface area contributed by atoms with Crippen molar-refractivity contribution >= 4 is 23.7 Å². The van der Waals surface area contributed by atoms with E-state index in [1.54, 1.807) is 6.07 Å². The van der Waals surface area contributed by atoms with Crippen LogP contribution in [0, 0.1) is 5.92 Å². The molecule has 0 bridgehead atoms. The number of pyridine rings is 1. The highest BCUT2D eigenvalue weighted by molar-refractivity contribution is 6.31. The van der Waals surface area contributed by atoms with Gasteiger partial charge in [-0.25, -0.2) is 4.98 Å². The standard InChI is InChI=1S/C12H15ClN2O/c1-9-4-6-15(7-5-9)11-3-2-10(8-16)12(13)14-11/h2-3,8-9H,4-7H2,1H3. The van der Waals surface area contributed by atoms with Gasteiger partial charge < -0.3 is 4.90 Å². The number of piperidine rings is 1. The Labute approximate surface area is 100 Å². The summed E-state index contributed by atoms with van der Waals surface area (Å²) in [5, 5.41) is 0.297. The second-order valence-corrected chi connectivity index (χ2v) is 4.69. The monoisotopic (exact) mass is 238 g/mol. The van der Waals surface area contributed by atoms with Crippen LogP contribution in [0.4, 0.5) is 5.82 Å². The van der Waals surface area contributed by atoms with Crippen molar-refractivity contribution in [2.75, 3.05) is 18.0 Å². The Morgan fingerprint density at radius 3 is 2.69 bits per heavy atom. The summed E-state index contributed by atoms with van der Waals surface area (Å²) in [5.74, 6) is 1.67. The van der Waals surface area contributed by atoms with Crippen molar-refractivity contribution < 1.29 is 4.79 Å². The number of halogens is 1. The van der Waals surface area contributed by atoms with Gasteiger partial charge in [-0.2, -0.15) is 0 Å². The summed E-state index contributed by atoms with van der Waals surface area (Å²) in [4.78, 5) is 17.1. The summed E-state index contributed by atoms with van der Waals surface area (Å²) >= 11 is 5.91. The van der Waals surface area contributed by atoms with Crippen molar-refractivity contribution in [1.82, 2.24) is 4.98 Å². The minimum Gasteiger partial charge on any atom is -0.357 e. The Morgan fingerprint density at radius 2 is 2.12 bits per heavy atom. The number of nitrogens with zero attached hydrogens (tertiary/aromatic N) is 2. The fourth-order valence-corrected chi connectivity index (χ4v) is 2.13. The first-order chi connectivity index (χ1) is 7.70. The quantitative estimate of drug-likeness (QED) is 0.587. The van der Waals surface area contributed by atoms with Gasteiger partial charge >= 0.3 is 0 Å². The summed E-state index contributed by atoms with van der Waals surface area (Å²) < 4.78 is 0. The van der Waals surface area contributed by atoms with E-state index >= 15 is 0 Å². The molecule has 0 saturated carbocycles. The molecule has 1 aromatic rings. The normalized spacial score (nSPS) is 17.5. The summed E-state index contributed by atoms with van der Waals surface area (Å²) in [6.45, 7) is 4.31. The molecule has 1 aliphatic rings. The smallest absolute Gasteiger partial charge is 0.153 e. The zero-order chi connectivity index (χ0) is 11.5. The Hall–Kier alpha value is -1.09. The first-order valence-electron chi connectivity index (χ1n) is 5.57. The number of hydrogen-bond donors (Lipinski definition) is 0. The molecule has 1 aromatic heterocycles. The molecule has 2 heterocycles. The first kappa shape index (κ1) is 11.4. The van der Waals surface area contributed by atoms with Crippen molar-refractivity contribution in [3.05, 3.63) is 22.8 Å². The van der Waals surface area contributed by atoms with E-state index < -0.39 is 0 Å². The van der Waals surface area contributed by atoms with Crippen LogP contribution in [0.2, 0.25) is 5.15 Å². The van der Waals surface area contributed by atoms with E-state index in [0.717, 1.165) is 31.1 Å². The summed E-state index contributed by atoms with van der Waals surface area (Å²) in [6, 6.07) is 3.60. The lowest BCUT2D eigenvalue weighted by Gasteiger charge is -2.31. The molecule has 0 radical (unpaired) electrons. The lowest BCUT2D eigenvalue weighted by atomic mass is 9.99. The van der Waals surface area contributed by atoms with Crippen LogP contribution in [-0.2, 0) is 0 Å². The van der Waals surface area contributed by atoms with Crippen LogP contribution in [0.1, 0.15) is 30.1 Å². The Kier molecular flexibility index (Phi) is 3.44. The highest BCUT2D eigenvalue weighted by Crippen LogP contribution is 2.23. The van der Waals surface area contributed by atoms with E-state index in [2.05, 4.69) is 16.8 Å². The molecule has 86 valence electrons. The molecule has 2 rings (SSSR count). The van der Waals surface area contributed by atoms with Crippen molar-refractivity contribution in [2.24, 2.45) is 5.92 Å². The van der Waals surface area contributed by atoms with Gasteiger partial charge in [-0.3, -0.25) is 4.79 Å². The summed E-state index contributed by atoms with van der Waals surface area (Å²) in [7, 11) is 0. The zero-order valence-corrected chi connectivity index (χ0v) is 10.1. The molecule has 3 nitrogen and oxygen atoms in total. The van der Waals surface area contributed by atoms with E-state index in [4.69, 9.17) is 11.6 Å². The third kappa shape index (κ3) is 2.35. The second kappa shape index (κ2) is 4.83. The van der Waals surface area contributed by atoms with Gasteiger partial charge in [-0.1, -0.05) is 18.5 Å². The largest absolute Gasteiger partial charge is 0.357 e. The molecule has 1 saturated heterocycles. The average Bonchev–Trinajstić information content (AvgIpc) is 2.30. The first-order valence-corrected chi connectivity index (χ1v) is 5.95. The van der Waals surface area contributed by atoms with E-state index in [9.17, 15) is 4.79 Å². The molecular weight excluding hydrogens is 224 g/mol. The Balaban J connectivity index is 2.15. The maximum atomic E-state index is 10.6. The SMILES string of the molecule is CC1CCN(c2ccc(C=O)c(Cl)n2)CC1. The van der Waals surface area contributed by atoms with Gasteiger partial charge in [0.2, 0.25) is 0 Å². The molecule has 16 heavy (non-hydrogen) atoms. The van der Waals surface area contributed by atoms with Crippen LogP contribution in [0.15, 0.2) is 12.1 Å². The topological polar surface area (TPSA) is 33.2 Å². The number of rotatable bonds is 2. The molecule has 0 atom stereocenters. The van der Waals surface area contributed by atoms with Gasteiger partial charge in [0, 0.05) is 13.1 Å². The average molecular weight is 239 g/mol. The number of hydrogen-bond acceptors (Lipinski definition) is 3. The number of aldehydes is 1. The molecule has 1 aliphatic heterocycles. The van der Waals surface area contributed by atoms with Gasteiger partial charge in [0.05, 0.1) is 5.56 Å². The van der Waals surface area contributed by atoms with E-state index in [-0.39, 0.29) is 0 Å². The molecule has 0 aromatic carbocycles. The molecular formula is C12H15ClN2O. The molecule has 0 unspecified atom stereocenters. The van der Waals surface area contributed by atoms with Gasteiger partial charge in [0.25, 0.3) is 0 Å². The summed E-state index contributed by atoms with van der Waals surface area (Å²) in [6.07, 6.45) is 3.11. The minimum atomic E-state index is 0.297. The van der Waals surface area contributed by atoms with Gasteiger partial charge in [0.15, 0.2) is 6.29 Å². The van der Waals surface area contributed by atoms with Crippen LogP contribution in [0.3, 0.4) is 0 Å². The molecule has 1 fully saturated rings. The number of aromatic nitrogens is 1. The van der Waals surface area contributed by atoms with Crippen LogP contribution < -0.4 is 4.90 Å². The van der Waals surface area contributed by atoms with Crippen molar-refractivity contribution in [2.45, 2.75) is 19.8 Å². The summed E-state index contributed by atoms with van der Waals surface area (Å²) in [5.41, 5.74) is 0.454.